The van der Waals surface area contributed by atoms with Gasteiger partial charge in [0.2, 0.25) is 0 Å². The number of ether oxygens (including phenoxy) is 4. The fraction of sp³-hybridized carbons (Fsp3) is 1.00. The third-order valence-corrected chi connectivity index (χ3v) is 6.38. The molecule has 0 spiro atoms. The standard InChI is InChI=1S/C22H46O10P2/c1-17(2)31-21(24)15-28-22(32-18(3)4)16-30-34(26)12-10-8-7-9-11-33(25)29-14-20(6)27-13-19(5)23/h17-24H,7-16H2,1-6H3/q+2. The first-order valence-corrected chi connectivity index (χ1v) is 14.8. The molecule has 0 aliphatic heterocycles. The summed E-state index contributed by atoms with van der Waals surface area (Å²) in [6.45, 7) is 11.1. The van der Waals surface area contributed by atoms with E-state index in [1.807, 2.05) is 34.6 Å². The third kappa shape index (κ3) is 22.4. The van der Waals surface area contributed by atoms with Gasteiger partial charge in [0, 0.05) is 0 Å². The lowest BCUT2D eigenvalue weighted by Crippen LogP contribution is -2.31. The molecule has 0 aromatic rings. The molecule has 0 bridgehead atoms. The molecule has 0 saturated carbocycles. The van der Waals surface area contributed by atoms with Crippen molar-refractivity contribution in [3.63, 3.8) is 0 Å². The van der Waals surface area contributed by atoms with Gasteiger partial charge in [0.05, 0.1) is 31.0 Å². The predicted molar refractivity (Wildman–Crippen MR) is 131 cm³/mol. The topological polar surface area (TPSA) is 130 Å². The Kier molecular flexibility index (Phi) is 20.9. The van der Waals surface area contributed by atoms with Crippen LogP contribution in [0.5, 0.6) is 0 Å². The highest BCUT2D eigenvalue weighted by molar-refractivity contribution is 7.39. The maximum atomic E-state index is 12.1. The lowest BCUT2D eigenvalue weighted by Gasteiger charge is -2.21. The van der Waals surface area contributed by atoms with Crippen molar-refractivity contribution in [2.75, 3.05) is 38.8 Å². The number of aliphatic hydroxyl groups is 2. The van der Waals surface area contributed by atoms with E-state index in [1.165, 1.54) is 0 Å². The van der Waals surface area contributed by atoms with E-state index < -0.39 is 34.7 Å². The first kappa shape index (κ1) is 33.9. The molecule has 12 heteroatoms. The third-order valence-electron chi connectivity index (χ3n) is 4.14. The summed E-state index contributed by atoms with van der Waals surface area (Å²) in [6.07, 6.45) is 1.26. The summed E-state index contributed by atoms with van der Waals surface area (Å²) in [6, 6.07) is 0. The van der Waals surface area contributed by atoms with Gasteiger partial charge in [0.25, 0.3) is 0 Å². The maximum Gasteiger partial charge on any atom is 0.508 e. The van der Waals surface area contributed by atoms with Crippen molar-refractivity contribution >= 4 is 16.1 Å². The van der Waals surface area contributed by atoms with Gasteiger partial charge in [-0.3, -0.25) is 0 Å². The first-order valence-electron chi connectivity index (χ1n) is 12.0. The highest BCUT2D eigenvalue weighted by atomic mass is 31.1. The lowest BCUT2D eigenvalue weighted by molar-refractivity contribution is -0.226. The molecule has 0 fully saturated rings. The zero-order valence-corrected chi connectivity index (χ0v) is 23.4. The molecule has 0 aromatic heterocycles. The molecule has 0 aliphatic carbocycles. The van der Waals surface area contributed by atoms with E-state index in [2.05, 4.69) is 0 Å². The molecule has 0 rings (SSSR count). The Morgan fingerprint density at radius 2 is 1.18 bits per heavy atom. The maximum absolute atomic E-state index is 12.1. The Labute approximate surface area is 206 Å². The van der Waals surface area contributed by atoms with Crippen LogP contribution in [-0.2, 0) is 37.1 Å². The van der Waals surface area contributed by atoms with Crippen molar-refractivity contribution in [1.82, 2.24) is 0 Å². The van der Waals surface area contributed by atoms with Gasteiger partial charge in [0.15, 0.2) is 31.5 Å². The normalized spacial score (nSPS) is 16.5. The molecule has 202 valence electrons. The van der Waals surface area contributed by atoms with Gasteiger partial charge < -0.3 is 29.2 Å². The van der Waals surface area contributed by atoms with E-state index in [0.29, 0.717) is 12.3 Å². The van der Waals surface area contributed by atoms with Crippen LogP contribution >= 0.6 is 16.1 Å². The van der Waals surface area contributed by atoms with Crippen LogP contribution in [0.1, 0.15) is 67.2 Å². The number of hydrogen-bond donors (Lipinski definition) is 2. The SMILES string of the molecule is CC(O)COC(C)CO[P+](=O)CCCCCC[P+](=O)OCC(OCC(O)OC(C)C)OC(C)C. The largest absolute Gasteiger partial charge is 0.508 e. The minimum absolute atomic E-state index is 0.00104. The van der Waals surface area contributed by atoms with Crippen molar-refractivity contribution < 1.29 is 47.3 Å². The molecule has 0 aromatic carbocycles. The second-order valence-electron chi connectivity index (χ2n) is 8.70. The highest BCUT2D eigenvalue weighted by Gasteiger charge is 2.24. The molecule has 6 unspecified atom stereocenters. The molecule has 2 N–H and O–H groups in total. The Morgan fingerprint density at radius 1 is 0.647 bits per heavy atom. The summed E-state index contributed by atoms with van der Waals surface area (Å²) in [5, 5.41) is 18.9. The number of aliphatic hydroxyl groups excluding tert-OH is 2. The second-order valence-corrected chi connectivity index (χ2v) is 11.4. The predicted octanol–water partition coefficient (Wildman–Crippen LogP) is 4.36. The van der Waals surface area contributed by atoms with Crippen LogP contribution in [0.4, 0.5) is 0 Å². The van der Waals surface area contributed by atoms with Crippen LogP contribution in [0, 0.1) is 0 Å². The van der Waals surface area contributed by atoms with Crippen LogP contribution < -0.4 is 0 Å². The van der Waals surface area contributed by atoms with E-state index in [-0.39, 0.29) is 44.7 Å². The van der Waals surface area contributed by atoms with Crippen LogP contribution in [0.25, 0.3) is 0 Å². The highest BCUT2D eigenvalue weighted by Crippen LogP contribution is 2.27. The first-order chi connectivity index (χ1) is 16.0. The number of hydrogen-bond acceptors (Lipinski definition) is 10. The summed E-state index contributed by atoms with van der Waals surface area (Å²) < 4.78 is 56.4. The minimum atomic E-state index is -1.85. The molecular formula is C22H46O10P2+2. The van der Waals surface area contributed by atoms with E-state index in [0.717, 1.165) is 25.7 Å². The van der Waals surface area contributed by atoms with Crippen molar-refractivity contribution in [2.45, 2.75) is 104 Å². The van der Waals surface area contributed by atoms with Crippen LogP contribution in [0.3, 0.4) is 0 Å². The number of unbranched alkanes of at least 4 members (excludes halogenated alkanes) is 3. The minimum Gasteiger partial charge on any atom is -0.391 e. The summed E-state index contributed by atoms with van der Waals surface area (Å²) in [5.74, 6) is 0. The fourth-order valence-corrected chi connectivity index (χ4v) is 4.51. The molecule has 34 heavy (non-hydrogen) atoms. The van der Waals surface area contributed by atoms with Crippen LogP contribution in [0.15, 0.2) is 0 Å². The van der Waals surface area contributed by atoms with Crippen LogP contribution in [-0.4, -0.2) is 86.0 Å². The molecule has 0 radical (unpaired) electrons. The van der Waals surface area contributed by atoms with Gasteiger partial charge in [-0.15, -0.1) is 9.05 Å². The average Bonchev–Trinajstić information content (AvgIpc) is 2.74. The smallest absolute Gasteiger partial charge is 0.391 e. The molecule has 6 atom stereocenters. The van der Waals surface area contributed by atoms with Crippen molar-refractivity contribution in [2.24, 2.45) is 0 Å². The van der Waals surface area contributed by atoms with E-state index >= 15 is 0 Å². The molecule has 0 amide bonds. The Hall–Kier alpha value is -0.120. The van der Waals surface area contributed by atoms with Gasteiger partial charge in [-0.05, 0) is 76.4 Å². The second kappa shape index (κ2) is 21.0. The van der Waals surface area contributed by atoms with Crippen molar-refractivity contribution in [3.8, 4) is 0 Å². The monoisotopic (exact) mass is 532 g/mol. The zero-order valence-electron chi connectivity index (χ0n) is 21.6. The van der Waals surface area contributed by atoms with E-state index in [4.69, 9.17) is 28.0 Å². The summed E-state index contributed by atoms with van der Waals surface area (Å²) >= 11 is 0. The van der Waals surface area contributed by atoms with Crippen molar-refractivity contribution in [1.29, 1.82) is 0 Å². The summed E-state index contributed by atoms with van der Waals surface area (Å²) in [5.41, 5.74) is 0. The zero-order chi connectivity index (χ0) is 25.9. The summed E-state index contributed by atoms with van der Waals surface area (Å²) in [7, 11) is -3.59. The molecule has 0 aliphatic rings. The Balaban J connectivity index is 3.91. The Morgan fingerprint density at radius 3 is 1.68 bits per heavy atom. The average molecular weight is 533 g/mol. The molecule has 0 saturated heterocycles. The molecule has 0 heterocycles. The van der Waals surface area contributed by atoms with Gasteiger partial charge in [0.1, 0.15) is 13.2 Å². The van der Waals surface area contributed by atoms with Gasteiger partial charge in [-0.2, -0.15) is 0 Å². The van der Waals surface area contributed by atoms with Gasteiger partial charge >= 0.3 is 16.1 Å². The fourth-order valence-electron chi connectivity index (χ4n) is 2.62. The molecular weight excluding hydrogens is 486 g/mol. The van der Waals surface area contributed by atoms with E-state index in [1.54, 1.807) is 6.92 Å². The summed E-state index contributed by atoms with van der Waals surface area (Å²) in [4.78, 5) is 0. The van der Waals surface area contributed by atoms with Crippen molar-refractivity contribution in [3.05, 3.63) is 0 Å². The van der Waals surface area contributed by atoms with E-state index in [9.17, 15) is 19.3 Å². The quantitative estimate of drug-likeness (QED) is 0.111. The molecule has 10 nitrogen and oxygen atoms in total. The van der Waals surface area contributed by atoms with Gasteiger partial charge in [-0.25, -0.2) is 0 Å². The Bertz CT molecular complexity index is 534. The van der Waals surface area contributed by atoms with Crippen LogP contribution in [0.2, 0.25) is 0 Å². The lowest BCUT2D eigenvalue weighted by atomic mass is 10.2. The number of rotatable bonds is 23. The van der Waals surface area contributed by atoms with Gasteiger partial charge in [-0.1, -0.05) is 0 Å².